The van der Waals surface area contributed by atoms with Crippen LogP contribution >= 0.6 is 11.6 Å². The van der Waals surface area contributed by atoms with Crippen molar-refractivity contribution in [3.05, 3.63) is 28.8 Å². The van der Waals surface area contributed by atoms with E-state index in [1.807, 2.05) is 19.1 Å². The van der Waals surface area contributed by atoms with Gasteiger partial charge in [-0.15, -0.1) is 0 Å². The highest BCUT2D eigenvalue weighted by molar-refractivity contribution is 6.31. The van der Waals surface area contributed by atoms with E-state index in [-0.39, 0.29) is 5.91 Å². The highest BCUT2D eigenvalue weighted by Crippen LogP contribution is 2.23. The molecule has 0 radical (unpaired) electrons. The summed E-state index contributed by atoms with van der Waals surface area (Å²) in [6.07, 6.45) is 0.316. The number of carbonyl (C=O) groups is 1. The number of likely N-dealkylation sites (N-methyl/N-ethyl adjacent to an activating group) is 1. The van der Waals surface area contributed by atoms with Gasteiger partial charge in [-0.25, -0.2) is 0 Å². The first kappa shape index (κ1) is 18.7. The van der Waals surface area contributed by atoms with Gasteiger partial charge in [0, 0.05) is 43.4 Å². The summed E-state index contributed by atoms with van der Waals surface area (Å²) in [4.78, 5) is 19.1. The van der Waals surface area contributed by atoms with E-state index < -0.39 is 0 Å². The van der Waals surface area contributed by atoms with Crippen molar-refractivity contribution in [2.24, 2.45) is 0 Å². The molecule has 0 unspecified atom stereocenters. The molecule has 1 aliphatic heterocycles. The maximum atomic E-state index is 12.8. The molecular weight excluding hydrogens is 324 g/mol. The number of aryl methyl sites for hydroxylation is 1. The summed E-state index contributed by atoms with van der Waals surface area (Å²) in [5.41, 5.74) is 1.74. The summed E-state index contributed by atoms with van der Waals surface area (Å²) in [5, 5.41) is 9.58. The molecule has 5 nitrogen and oxygen atoms in total. The fourth-order valence-corrected chi connectivity index (χ4v) is 3.01. The molecule has 1 aromatic rings. The average Bonchev–Trinajstić information content (AvgIpc) is 2.59. The minimum atomic E-state index is 0.0388. The lowest BCUT2D eigenvalue weighted by Crippen LogP contribution is -2.50. The summed E-state index contributed by atoms with van der Waals surface area (Å²) < 4.78 is 0. The number of rotatable bonds is 6. The van der Waals surface area contributed by atoms with Gasteiger partial charge in [-0.05, 0) is 37.2 Å². The van der Waals surface area contributed by atoms with Gasteiger partial charge in [0.25, 0.3) is 0 Å². The molecule has 24 heavy (non-hydrogen) atoms. The van der Waals surface area contributed by atoms with Crippen LogP contribution in [0.2, 0.25) is 5.02 Å². The highest BCUT2D eigenvalue weighted by atomic mass is 35.5. The van der Waals surface area contributed by atoms with Gasteiger partial charge in [-0.1, -0.05) is 18.5 Å². The Morgan fingerprint density at radius 1 is 1.29 bits per heavy atom. The van der Waals surface area contributed by atoms with Crippen molar-refractivity contribution in [2.45, 2.75) is 20.3 Å². The predicted molar refractivity (Wildman–Crippen MR) is 97.3 cm³/mol. The van der Waals surface area contributed by atoms with Crippen molar-refractivity contribution in [1.82, 2.24) is 9.80 Å². The van der Waals surface area contributed by atoms with E-state index in [0.29, 0.717) is 24.5 Å². The van der Waals surface area contributed by atoms with Crippen LogP contribution in [0.3, 0.4) is 0 Å². The number of hydrogen-bond donors (Lipinski definition) is 0. The summed E-state index contributed by atoms with van der Waals surface area (Å²) >= 11 is 6.08. The van der Waals surface area contributed by atoms with E-state index in [9.17, 15) is 4.79 Å². The van der Waals surface area contributed by atoms with Gasteiger partial charge >= 0.3 is 0 Å². The lowest BCUT2D eigenvalue weighted by Gasteiger charge is -2.34. The van der Waals surface area contributed by atoms with Gasteiger partial charge in [0.15, 0.2) is 0 Å². The molecule has 0 aliphatic carbocycles. The number of anilines is 1. The molecule has 0 atom stereocenters. The summed E-state index contributed by atoms with van der Waals surface area (Å²) in [6, 6.07) is 7.69. The first-order chi connectivity index (χ1) is 11.5. The van der Waals surface area contributed by atoms with Gasteiger partial charge < -0.3 is 9.80 Å². The number of nitriles is 1. The Kier molecular flexibility index (Phi) is 7.04. The Bertz CT molecular complexity index is 606. The molecule has 0 spiro atoms. The third-order valence-electron chi connectivity index (χ3n) is 4.47. The number of halogens is 1. The van der Waals surface area contributed by atoms with Crippen molar-refractivity contribution in [2.75, 3.05) is 50.7 Å². The zero-order valence-corrected chi connectivity index (χ0v) is 15.2. The largest absolute Gasteiger partial charge is 0.310 e. The molecule has 0 saturated carbocycles. The van der Waals surface area contributed by atoms with Crippen LogP contribution in [0.15, 0.2) is 18.2 Å². The molecule has 1 saturated heterocycles. The molecule has 1 heterocycles. The van der Waals surface area contributed by atoms with E-state index in [4.69, 9.17) is 16.9 Å². The molecule has 6 heteroatoms. The third-order valence-corrected chi connectivity index (χ3v) is 4.90. The van der Waals surface area contributed by atoms with Crippen molar-refractivity contribution in [1.29, 1.82) is 5.26 Å². The van der Waals surface area contributed by atoms with Crippen molar-refractivity contribution in [3.8, 4) is 6.07 Å². The van der Waals surface area contributed by atoms with Crippen LogP contribution < -0.4 is 4.90 Å². The smallest absolute Gasteiger partial charge is 0.241 e. The van der Waals surface area contributed by atoms with E-state index in [1.54, 1.807) is 11.0 Å². The lowest BCUT2D eigenvalue weighted by molar-refractivity contribution is -0.120. The van der Waals surface area contributed by atoms with Crippen LogP contribution in [0.25, 0.3) is 0 Å². The predicted octanol–water partition coefficient (Wildman–Crippen LogP) is 2.53. The molecule has 1 amide bonds. The van der Waals surface area contributed by atoms with Crippen LogP contribution in [-0.4, -0.2) is 61.5 Å². The molecule has 1 aliphatic rings. The minimum Gasteiger partial charge on any atom is -0.310 e. The van der Waals surface area contributed by atoms with Crippen LogP contribution in [0, 0.1) is 18.3 Å². The highest BCUT2D eigenvalue weighted by Gasteiger charge is 2.22. The Balaban J connectivity index is 2.05. The van der Waals surface area contributed by atoms with E-state index in [1.165, 1.54) is 0 Å². The van der Waals surface area contributed by atoms with Crippen LogP contribution in [0.1, 0.15) is 18.9 Å². The van der Waals surface area contributed by atoms with Gasteiger partial charge in [-0.3, -0.25) is 9.69 Å². The number of piperazine rings is 1. The minimum absolute atomic E-state index is 0.0388. The number of carbonyl (C=O) groups excluding carboxylic acids is 1. The first-order valence-corrected chi connectivity index (χ1v) is 8.81. The monoisotopic (exact) mass is 348 g/mol. The number of nitrogens with zero attached hydrogens (tertiary/aromatic N) is 4. The van der Waals surface area contributed by atoms with E-state index in [2.05, 4.69) is 22.8 Å². The van der Waals surface area contributed by atoms with Crippen LogP contribution in [-0.2, 0) is 4.79 Å². The molecular formula is C18H25ClN4O. The number of benzene rings is 1. The van der Waals surface area contributed by atoms with Crippen LogP contribution in [0.4, 0.5) is 5.69 Å². The van der Waals surface area contributed by atoms with Crippen molar-refractivity contribution in [3.63, 3.8) is 0 Å². The first-order valence-electron chi connectivity index (χ1n) is 8.43. The fraction of sp³-hybridized carbons (Fsp3) is 0.556. The lowest BCUT2D eigenvalue weighted by atomic mass is 10.2. The second-order valence-electron chi connectivity index (χ2n) is 6.10. The molecule has 0 bridgehead atoms. The molecule has 130 valence electrons. The third kappa shape index (κ3) is 4.94. The standard InChI is InChI=1S/C18H25ClN4O/c1-3-21-9-11-22(12-10-21)14-18(24)23(8-4-7-20)16-5-6-17(19)15(2)13-16/h5-6,13H,3-4,8-12,14H2,1-2H3. The SMILES string of the molecule is CCN1CCN(CC(=O)N(CCC#N)c2ccc(Cl)c(C)c2)CC1. The Labute approximate surface area is 149 Å². The summed E-state index contributed by atoms with van der Waals surface area (Å²) in [5.74, 6) is 0.0388. The van der Waals surface area contributed by atoms with Crippen LogP contribution in [0.5, 0.6) is 0 Å². The second-order valence-corrected chi connectivity index (χ2v) is 6.50. The second kappa shape index (κ2) is 9.03. The maximum absolute atomic E-state index is 12.8. The molecule has 1 fully saturated rings. The topological polar surface area (TPSA) is 50.6 Å². The maximum Gasteiger partial charge on any atom is 0.241 e. The Morgan fingerprint density at radius 3 is 2.54 bits per heavy atom. The van der Waals surface area contributed by atoms with Crippen molar-refractivity contribution < 1.29 is 4.79 Å². The molecule has 0 N–H and O–H groups in total. The molecule has 0 aromatic heterocycles. The van der Waals surface area contributed by atoms with Gasteiger partial charge in [0.1, 0.15) is 0 Å². The summed E-state index contributed by atoms with van der Waals surface area (Å²) in [7, 11) is 0. The summed E-state index contributed by atoms with van der Waals surface area (Å²) in [6.45, 7) is 9.76. The average molecular weight is 349 g/mol. The van der Waals surface area contributed by atoms with Crippen molar-refractivity contribution >= 4 is 23.2 Å². The fourth-order valence-electron chi connectivity index (χ4n) is 2.90. The van der Waals surface area contributed by atoms with Gasteiger partial charge in [0.05, 0.1) is 19.0 Å². The quantitative estimate of drug-likeness (QED) is 0.792. The van der Waals surface area contributed by atoms with Gasteiger partial charge in [0.2, 0.25) is 5.91 Å². The zero-order valence-electron chi connectivity index (χ0n) is 14.5. The van der Waals surface area contributed by atoms with E-state index in [0.717, 1.165) is 44.0 Å². The number of amides is 1. The molecule has 2 rings (SSSR count). The Morgan fingerprint density at radius 2 is 1.96 bits per heavy atom. The van der Waals surface area contributed by atoms with E-state index >= 15 is 0 Å². The number of hydrogen-bond acceptors (Lipinski definition) is 4. The Hall–Kier alpha value is -1.61. The zero-order chi connectivity index (χ0) is 17.5. The molecule has 1 aromatic carbocycles. The van der Waals surface area contributed by atoms with Gasteiger partial charge in [-0.2, -0.15) is 5.26 Å². The normalized spacial score (nSPS) is 15.9.